The van der Waals surface area contributed by atoms with Crippen LogP contribution in [0, 0.1) is 6.58 Å². The lowest BCUT2D eigenvalue weighted by Crippen LogP contribution is -2.17. The van der Waals surface area contributed by atoms with Gasteiger partial charge in [0.1, 0.15) is 5.57 Å². The van der Waals surface area contributed by atoms with Crippen molar-refractivity contribution in [2.24, 2.45) is 0 Å². The third kappa shape index (κ3) is 3.18. The molecule has 4 nitrogen and oxygen atoms in total. The van der Waals surface area contributed by atoms with Gasteiger partial charge in [-0.15, -0.1) is 0 Å². The molecule has 4 heteroatoms. The van der Waals surface area contributed by atoms with Gasteiger partial charge in [0, 0.05) is 0 Å². The minimum atomic E-state index is -0.837. The summed E-state index contributed by atoms with van der Waals surface area (Å²) in [6.45, 7) is 8.70. The Balaban J connectivity index is 4.01. The van der Waals surface area contributed by atoms with Crippen molar-refractivity contribution in [2.45, 2.75) is 13.8 Å². The van der Waals surface area contributed by atoms with Crippen LogP contribution in [0.1, 0.15) is 13.8 Å². The van der Waals surface area contributed by atoms with Crippen LogP contribution in [0.5, 0.6) is 0 Å². The highest BCUT2D eigenvalue weighted by Gasteiger charge is 2.17. The van der Waals surface area contributed by atoms with Gasteiger partial charge in [0.2, 0.25) is 0 Å². The normalized spacial score (nSPS) is 8.83. The molecule has 0 saturated carbocycles. The molecule has 0 atom stereocenters. The second kappa shape index (κ2) is 5.35. The van der Waals surface area contributed by atoms with Crippen LogP contribution in [0.3, 0.4) is 0 Å². The van der Waals surface area contributed by atoms with Crippen molar-refractivity contribution in [3.8, 4) is 0 Å². The van der Waals surface area contributed by atoms with E-state index in [1.807, 2.05) is 0 Å². The molecule has 12 heavy (non-hydrogen) atoms. The maximum Gasteiger partial charge on any atom is 0.345 e. The van der Waals surface area contributed by atoms with E-state index in [1.54, 1.807) is 13.8 Å². The summed E-state index contributed by atoms with van der Waals surface area (Å²) in [5.41, 5.74) is -0.515. The number of rotatable bonds is 4. The molecule has 0 aliphatic rings. The van der Waals surface area contributed by atoms with E-state index in [0.717, 1.165) is 0 Å². The van der Waals surface area contributed by atoms with Gasteiger partial charge in [-0.25, -0.2) is 9.59 Å². The Hall–Kier alpha value is -1.32. The first-order chi connectivity index (χ1) is 5.63. The molecule has 0 unspecified atom stereocenters. The molecule has 0 rings (SSSR count). The topological polar surface area (TPSA) is 52.6 Å². The Morgan fingerprint density at radius 2 is 1.42 bits per heavy atom. The van der Waals surface area contributed by atoms with E-state index in [9.17, 15) is 9.59 Å². The molecular formula is C8H11O4. The van der Waals surface area contributed by atoms with Crippen LogP contribution in [-0.4, -0.2) is 25.2 Å². The van der Waals surface area contributed by atoms with Gasteiger partial charge in [-0.2, -0.15) is 0 Å². The van der Waals surface area contributed by atoms with Crippen molar-refractivity contribution >= 4 is 11.9 Å². The van der Waals surface area contributed by atoms with Crippen LogP contribution in [0.15, 0.2) is 5.57 Å². The second-order valence-electron chi connectivity index (χ2n) is 1.85. The second-order valence-corrected chi connectivity index (χ2v) is 1.85. The molecule has 1 radical (unpaired) electrons. The molecule has 0 heterocycles. The molecule has 0 spiro atoms. The zero-order chi connectivity index (χ0) is 9.56. The molecule has 0 saturated heterocycles. The van der Waals surface area contributed by atoms with Crippen molar-refractivity contribution < 1.29 is 19.1 Å². The smallest absolute Gasteiger partial charge is 0.345 e. The lowest BCUT2D eigenvalue weighted by Gasteiger charge is -2.03. The molecule has 0 aromatic rings. The van der Waals surface area contributed by atoms with Gasteiger partial charge >= 0.3 is 11.9 Å². The molecule has 0 aromatic heterocycles. The van der Waals surface area contributed by atoms with Crippen molar-refractivity contribution in [3.63, 3.8) is 0 Å². The van der Waals surface area contributed by atoms with Gasteiger partial charge in [0.15, 0.2) is 0 Å². The number of ether oxygens (including phenoxy) is 2. The summed E-state index contributed by atoms with van der Waals surface area (Å²) >= 11 is 0. The Morgan fingerprint density at radius 3 is 1.67 bits per heavy atom. The highest BCUT2D eigenvalue weighted by Crippen LogP contribution is 1.97. The SMILES string of the molecule is [CH]=C(C(=O)OCC)C(=O)OCC. The summed E-state index contributed by atoms with van der Waals surface area (Å²) in [4.78, 5) is 21.5. The maximum atomic E-state index is 10.8. The van der Waals surface area contributed by atoms with Gasteiger partial charge in [-0.1, -0.05) is 0 Å². The van der Waals surface area contributed by atoms with Gasteiger partial charge in [-0.05, 0) is 20.4 Å². The molecular weight excluding hydrogens is 160 g/mol. The molecule has 0 aromatic carbocycles. The maximum absolute atomic E-state index is 10.8. The molecule has 0 bridgehead atoms. The summed E-state index contributed by atoms with van der Waals surface area (Å²) in [6, 6.07) is 0. The summed E-state index contributed by atoms with van der Waals surface area (Å²) in [7, 11) is 0. The van der Waals surface area contributed by atoms with Crippen LogP contribution in [0.2, 0.25) is 0 Å². The molecule has 0 fully saturated rings. The van der Waals surface area contributed by atoms with Crippen LogP contribution in [0.25, 0.3) is 0 Å². The fraction of sp³-hybridized carbons (Fsp3) is 0.500. The third-order valence-electron chi connectivity index (χ3n) is 0.991. The Bertz CT molecular complexity index is 175. The molecule has 0 aliphatic carbocycles. The minimum Gasteiger partial charge on any atom is -0.462 e. The van der Waals surface area contributed by atoms with Crippen molar-refractivity contribution in [1.82, 2.24) is 0 Å². The van der Waals surface area contributed by atoms with E-state index in [1.165, 1.54) is 0 Å². The monoisotopic (exact) mass is 171 g/mol. The first-order valence-electron chi connectivity index (χ1n) is 3.60. The number of carbonyl (C=O) groups is 2. The zero-order valence-electron chi connectivity index (χ0n) is 7.12. The summed E-state index contributed by atoms with van der Waals surface area (Å²) in [5, 5.41) is 0. The predicted octanol–water partition coefficient (Wildman–Crippen LogP) is 0.472. The molecule has 0 aliphatic heterocycles. The lowest BCUT2D eigenvalue weighted by molar-refractivity contribution is -0.146. The number of carbonyl (C=O) groups excluding carboxylic acids is 2. The fourth-order valence-electron chi connectivity index (χ4n) is 0.501. The van der Waals surface area contributed by atoms with E-state index in [-0.39, 0.29) is 13.2 Å². The van der Waals surface area contributed by atoms with E-state index < -0.39 is 17.5 Å². The first-order valence-corrected chi connectivity index (χ1v) is 3.60. The largest absolute Gasteiger partial charge is 0.462 e. The van der Waals surface area contributed by atoms with E-state index >= 15 is 0 Å². The van der Waals surface area contributed by atoms with E-state index in [2.05, 4.69) is 9.47 Å². The highest BCUT2D eigenvalue weighted by molar-refractivity contribution is 6.12. The van der Waals surface area contributed by atoms with Gasteiger partial charge in [0.25, 0.3) is 0 Å². The van der Waals surface area contributed by atoms with Crippen LogP contribution in [-0.2, 0) is 19.1 Å². The van der Waals surface area contributed by atoms with Gasteiger partial charge < -0.3 is 9.47 Å². The fourth-order valence-corrected chi connectivity index (χ4v) is 0.501. The average Bonchev–Trinajstić information content (AvgIpc) is 2.04. The van der Waals surface area contributed by atoms with Crippen LogP contribution in [0.4, 0.5) is 0 Å². The standard InChI is InChI=1S/C8H11O4/c1-4-11-7(9)6(3)8(10)12-5-2/h3H,4-5H2,1-2H3. The minimum absolute atomic E-state index is 0.180. The van der Waals surface area contributed by atoms with E-state index in [4.69, 9.17) is 6.58 Å². The van der Waals surface area contributed by atoms with Crippen molar-refractivity contribution in [2.75, 3.05) is 13.2 Å². The summed E-state index contributed by atoms with van der Waals surface area (Å²) in [6.07, 6.45) is 0. The molecule has 0 amide bonds. The quantitative estimate of drug-likeness (QED) is 0.267. The zero-order valence-corrected chi connectivity index (χ0v) is 7.12. The number of hydrogen-bond donors (Lipinski definition) is 0. The van der Waals surface area contributed by atoms with Crippen LogP contribution >= 0.6 is 0 Å². The summed E-state index contributed by atoms with van der Waals surface area (Å²) in [5.74, 6) is -1.67. The highest BCUT2D eigenvalue weighted by atomic mass is 16.6. The third-order valence-corrected chi connectivity index (χ3v) is 0.991. The van der Waals surface area contributed by atoms with Crippen molar-refractivity contribution in [3.05, 3.63) is 12.2 Å². The van der Waals surface area contributed by atoms with E-state index in [0.29, 0.717) is 0 Å². The van der Waals surface area contributed by atoms with Gasteiger partial charge in [-0.3, -0.25) is 0 Å². The Labute approximate surface area is 71.2 Å². The first kappa shape index (κ1) is 10.7. The lowest BCUT2D eigenvalue weighted by atomic mass is 10.3. The predicted molar refractivity (Wildman–Crippen MR) is 41.1 cm³/mol. The summed E-state index contributed by atoms with van der Waals surface area (Å²) < 4.78 is 8.94. The average molecular weight is 171 g/mol. The Morgan fingerprint density at radius 1 is 1.08 bits per heavy atom. The Kier molecular flexibility index (Phi) is 4.76. The molecule has 0 N–H and O–H groups in total. The van der Waals surface area contributed by atoms with Crippen molar-refractivity contribution in [1.29, 1.82) is 0 Å². The number of esters is 2. The number of hydrogen-bond acceptors (Lipinski definition) is 4. The van der Waals surface area contributed by atoms with Gasteiger partial charge in [0.05, 0.1) is 13.2 Å². The van der Waals surface area contributed by atoms with Crippen LogP contribution < -0.4 is 0 Å². The molecule has 67 valence electrons.